The number of halogens is 1. The van der Waals surface area contributed by atoms with E-state index in [4.69, 9.17) is 5.26 Å². The molecule has 0 bridgehead atoms. The topological polar surface area (TPSA) is 23.8 Å². The molecule has 2 heteroatoms. The molecule has 0 radical (unpaired) electrons. The summed E-state index contributed by atoms with van der Waals surface area (Å²) in [7, 11) is 0. The lowest BCUT2D eigenvalue weighted by Crippen LogP contribution is -1.86. The first-order valence-electron chi connectivity index (χ1n) is 4.36. The van der Waals surface area contributed by atoms with Crippen molar-refractivity contribution in [2.75, 3.05) is 0 Å². The van der Waals surface area contributed by atoms with Crippen LogP contribution in [0.4, 0.5) is 0 Å². The summed E-state index contributed by atoms with van der Waals surface area (Å²) in [4.78, 5) is 0. The van der Waals surface area contributed by atoms with Crippen LogP contribution >= 0.6 is 22.6 Å². The van der Waals surface area contributed by atoms with Gasteiger partial charge in [-0.15, -0.1) is 0 Å². The van der Waals surface area contributed by atoms with Crippen molar-refractivity contribution in [3.8, 4) is 6.07 Å². The van der Waals surface area contributed by atoms with Crippen LogP contribution in [0.1, 0.15) is 5.56 Å². The Bertz CT molecular complexity index is 506. The third-order valence-electron chi connectivity index (χ3n) is 2.21. The molecule has 0 saturated carbocycles. The van der Waals surface area contributed by atoms with Gasteiger partial charge in [-0.3, -0.25) is 0 Å². The van der Waals surface area contributed by atoms with Crippen LogP contribution in [0.5, 0.6) is 0 Å². The van der Waals surface area contributed by atoms with Crippen molar-refractivity contribution in [2.45, 2.75) is 6.42 Å². The summed E-state index contributed by atoms with van der Waals surface area (Å²) in [5, 5.41) is 11.1. The highest BCUT2D eigenvalue weighted by molar-refractivity contribution is 14.1. The molecule has 68 valence electrons. The van der Waals surface area contributed by atoms with Gasteiger partial charge in [-0.1, -0.05) is 30.3 Å². The molecule has 0 spiro atoms. The second-order valence-electron chi connectivity index (χ2n) is 3.09. The Labute approximate surface area is 96.5 Å². The zero-order chi connectivity index (χ0) is 9.97. The Balaban J connectivity index is 2.79. The molecular weight excluding hydrogens is 285 g/mol. The second kappa shape index (κ2) is 3.97. The number of nitriles is 1. The molecule has 0 aromatic heterocycles. The Hall–Kier alpha value is -1.08. The van der Waals surface area contributed by atoms with E-state index in [0.29, 0.717) is 6.42 Å². The predicted octanol–water partition coefficient (Wildman–Crippen LogP) is 3.51. The predicted molar refractivity (Wildman–Crippen MR) is 66.0 cm³/mol. The monoisotopic (exact) mass is 293 g/mol. The molecule has 2 aromatic carbocycles. The summed E-state index contributed by atoms with van der Waals surface area (Å²) in [6, 6.07) is 14.5. The van der Waals surface area contributed by atoms with E-state index < -0.39 is 0 Å². The molecule has 14 heavy (non-hydrogen) atoms. The Morgan fingerprint density at radius 2 is 1.86 bits per heavy atom. The molecule has 0 fully saturated rings. The molecule has 0 N–H and O–H groups in total. The van der Waals surface area contributed by atoms with Gasteiger partial charge in [0, 0.05) is 3.57 Å². The number of hydrogen-bond donors (Lipinski definition) is 0. The summed E-state index contributed by atoms with van der Waals surface area (Å²) in [6.07, 6.45) is 0.483. The first-order valence-corrected chi connectivity index (χ1v) is 5.44. The summed E-state index contributed by atoms with van der Waals surface area (Å²) in [5.74, 6) is 0. The quantitative estimate of drug-likeness (QED) is 0.738. The SMILES string of the molecule is N#CCc1cccc2cccc(I)c12. The molecule has 2 rings (SSSR count). The van der Waals surface area contributed by atoms with Crippen LogP contribution in [0, 0.1) is 14.9 Å². The maximum atomic E-state index is 8.72. The van der Waals surface area contributed by atoms with Crippen LogP contribution in [-0.4, -0.2) is 0 Å². The molecule has 0 amide bonds. The fraction of sp³-hybridized carbons (Fsp3) is 0.0833. The normalized spacial score (nSPS) is 10.0. The fourth-order valence-corrected chi connectivity index (χ4v) is 2.47. The van der Waals surface area contributed by atoms with E-state index in [1.165, 1.54) is 14.3 Å². The molecular formula is C12H8IN. The van der Waals surface area contributed by atoms with Gasteiger partial charge in [0.15, 0.2) is 0 Å². The summed E-state index contributed by atoms with van der Waals surface area (Å²) in [5.41, 5.74) is 1.12. The van der Waals surface area contributed by atoms with Crippen LogP contribution in [0.25, 0.3) is 10.8 Å². The van der Waals surface area contributed by atoms with Crippen molar-refractivity contribution in [3.05, 3.63) is 45.5 Å². The van der Waals surface area contributed by atoms with E-state index in [-0.39, 0.29) is 0 Å². The van der Waals surface area contributed by atoms with Crippen LogP contribution in [0.3, 0.4) is 0 Å². The fourth-order valence-electron chi connectivity index (χ4n) is 1.60. The van der Waals surface area contributed by atoms with Crippen LogP contribution in [0.15, 0.2) is 36.4 Å². The highest BCUT2D eigenvalue weighted by Crippen LogP contribution is 2.24. The molecule has 0 unspecified atom stereocenters. The average molecular weight is 293 g/mol. The lowest BCUT2D eigenvalue weighted by molar-refractivity contribution is 1.28. The zero-order valence-electron chi connectivity index (χ0n) is 7.50. The van der Waals surface area contributed by atoms with E-state index in [2.05, 4.69) is 46.9 Å². The molecule has 0 aliphatic rings. The third-order valence-corrected chi connectivity index (χ3v) is 3.11. The van der Waals surface area contributed by atoms with Gasteiger partial charge in [0.2, 0.25) is 0 Å². The largest absolute Gasteiger partial charge is 0.198 e. The van der Waals surface area contributed by atoms with Crippen molar-refractivity contribution in [3.63, 3.8) is 0 Å². The highest BCUT2D eigenvalue weighted by Gasteiger charge is 2.02. The number of fused-ring (bicyclic) bond motifs is 1. The lowest BCUT2D eigenvalue weighted by atomic mass is 10.0. The zero-order valence-corrected chi connectivity index (χ0v) is 9.65. The Kier molecular flexibility index (Phi) is 2.69. The van der Waals surface area contributed by atoms with Crippen LogP contribution in [-0.2, 0) is 6.42 Å². The number of rotatable bonds is 1. The maximum absolute atomic E-state index is 8.72. The third kappa shape index (κ3) is 1.60. The minimum Gasteiger partial charge on any atom is -0.198 e. The summed E-state index contributed by atoms with van der Waals surface area (Å²) < 4.78 is 1.21. The van der Waals surface area contributed by atoms with Gasteiger partial charge in [-0.05, 0) is 45.0 Å². The first kappa shape index (κ1) is 9.47. The second-order valence-corrected chi connectivity index (χ2v) is 4.25. The van der Waals surface area contributed by atoms with Crippen LogP contribution < -0.4 is 0 Å². The van der Waals surface area contributed by atoms with Crippen molar-refractivity contribution < 1.29 is 0 Å². The average Bonchev–Trinajstić information content (AvgIpc) is 2.19. The van der Waals surface area contributed by atoms with E-state index in [1.54, 1.807) is 0 Å². The van der Waals surface area contributed by atoms with E-state index in [1.807, 2.05) is 18.2 Å². The maximum Gasteiger partial charge on any atom is 0.0669 e. The van der Waals surface area contributed by atoms with Gasteiger partial charge in [0.25, 0.3) is 0 Å². The molecule has 0 aliphatic heterocycles. The van der Waals surface area contributed by atoms with Crippen molar-refractivity contribution in [1.29, 1.82) is 5.26 Å². The minimum atomic E-state index is 0.483. The highest BCUT2D eigenvalue weighted by atomic mass is 127. The van der Waals surface area contributed by atoms with Gasteiger partial charge in [0.1, 0.15) is 0 Å². The van der Waals surface area contributed by atoms with E-state index in [9.17, 15) is 0 Å². The Morgan fingerprint density at radius 1 is 1.14 bits per heavy atom. The molecule has 2 aromatic rings. The lowest BCUT2D eigenvalue weighted by Gasteiger charge is -2.04. The van der Waals surface area contributed by atoms with Gasteiger partial charge in [0.05, 0.1) is 12.5 Å². The molecule has 0 aliphatic carbocycles. The van der Waals surface area contributed by atoms with Gasteiger partial charge < -0.3 is 0 Å². The molecule has 1 nitrogen and oxygen atoms in total. The van der Waals surface area contributed by atoms with Gasteiger partial charge in [-0.2, -0.15) is 5.26 Å². The number of nitrogens with zero attached hydrogens (tertiary/aromatic N) is 1. The smallest absolute Gasteiger partial charge is 0.0669 e. The van der Waals surface area contributed by atoms with Crippen molar-refractivity contribution in [1.82, 2.24) is 0 Å². The Morgan fingerprint density at radius 3 is 2.57 bits per heavy atom. The molecule has 0 atom stereocenters. The number of hydrogen-bond acceptors (Lipinski definition) is 1. The van der Waals surface area contributed by atoms with E-state index in [0.717, 1.165) is 5.56 Å². The minimum absolute atomic E-state index is 0.483. The van der Waals surface area contributed by atoms with Gasteiger partial charge in [-0.25, -0.2) is 0 Å². The summed E-state index contributed by atoms with van der Waals surface area (Å²) >= 11 is 2.31. The van der Waals surface area contributed by atoms with E-state index >= 15 is 0 Å². The van der Waals surface area contributed by atoms with Gasteiger partial charge >= 0.3 is 0 Å². The molecule has 0 saturated heterocycles. The molecule has 0 heterocycles. The standard InChI is InChI=1S/C12H8IN/c13-11-6-2-5-9-3-1-4-10(7-8-14)12(9)11/h1-6H,7H2. The summed E-state index contributed by atoms with van der Waals surface area (Å²) in [6.45, 7) is 0. The van der Waals surface area contributed by atoms with Crippen molar-refractivity contribution >= 4 is 33.4 Å². The first-order chi connectivity index (χ1) is 6.83. The number of benzene rings is 2. The van der Waals surface area contributed by atoms with Crippen LogP contribution in [0.2, 0.25) is 0 Å². The van der Waals surface area contributed by atoms with Crippen molar-refractivity contribution in [2.24, 2.45) is 0 Å².